The summed E-state index contributed by atoms with van der Waals surface area (Å²) in [5.41, 5.74) is -0.195. The lowest BCUT2D eigenvalue weighted by Gasteiger charge is -2.02. The Morgan fingerprint density at radius 1 is 1.77 bits per heavy atom. The first kappa shape index (κ1) is 10.2. The second-order valence-electron chi connectivity index (χ2n) is 2.35. The van der Waals surface area contributed by atoms with Crippen molar-refractivity contribution in [2.45, 2.75) is 6.54 Å². The normalized spacial score (nSPS) is 9.69. The average Bonchev–Trinajstić information content (AvgIpc) is 2.13. The zero-order valence-electron chi connectivity index (χ0n) is 6.95. The molecule has 0 unspecified atom stereocenters. The van der Waals surface area contributed by atoms with Gasteiger partial charge in [0.2, 0.25) is 5.91 Å². The van der Waals surface area contributed by atoms with E-state index in [-0.39, 0.29) is 18.0 Å². The quantitative estimate of drug-likeness (QED) is 0.754. The van der Waals surface area contributed by atoms with Crippen LogP contribution < -0.4 is 10.9 Å². The SMILES string of the molecule is CNC(=O)Cn1cncc(I)c1=O. The Hall–Kier alpha value is -0.920. The molecule has 1 aromatic rings. The van der Waals surface area contributed by atoms with E-state index in [4.69, 9.17) is 0 Å². The van der Waals surface area contributed by atoms with Crippen LogP contribution in [0, 0.1) is 3.57 Å². The molecule has 1 heterocycles. The van der Waals surface area contributed by atoms with E-state index in [1.807, 2.05) is 22.6 Å². The molecule has 0 saturated carbocycles. The van der Waals surface area contributed by atoms with E-state index >= 15 is 0 Å². The summed E-state index contributed by atoms with van der Waals surface area (Å²) >= 11 is 1.88. The molecule has 5 nitrogen and oxygen atoms in total. The summed E-state index contributed by atoms with van der Waals surface area (Å²) in [4.78, 5) is 26.1. The summed E-state index contributed by atoms with van der Waals surface area (Å²) in [6.45, 7) is 0.0131. The largest absolute Gasteiger partial charge is 0.358 e. The van der Waals surface area contributed by atoms with Gasteiger partial charge in [0.05, 0.1) is 9.90 Å². The van der Waals surface area contributed by atoms with Crippen molar-refractivity contribution in [2.75, 3.05) is 7.05 Å². The molecule has 1 N–H and O–H groups in total. The van der Waals surface area contributed by atoms with Crippen LogP contribution in [0.5, 0.6) is 0 Å². The van der Waals surface area contributed by atoms with Gasteiger partial charge < -0.3 is 5.32 Å². The lowest BCUT2D eigenvalue weighted by molar-refractivity contribution is -0.121. The average molecular weight is 293 g/mol. The van der Waals surface area contributed by atoms with Crippen LogP contribution in [0.2, 0.25) is 0 Å². The molecule has 13 heavy (non-hydrogen) atoms. The number of aromatic nitrogens is 2. The molecule has 0 aliphatic carbocycles. The highest BCUT2D eigenvalue weighted by Gasteiger charge is 2.03. The van der Waals surface area contributed by atoms with Gasteiger partial charge in [-0.05, 0) is 22.6 Å². The van der Waals surface area contributed by atoms with E-state index in [0.717, 1.165) is 0 Å². The predicted molar refractivity (Wildman–Crippen MR) is 55.3 cm³/mol. The minimum atomic E-state index is -0.217. The number of nitrogens with one attached hydrogen (secondary N) is 1. The first-order valence-corrected chi connectivity index (χ1v) is 4.63. The lowest BCUT2D eigenvalue weighted by atomic mass is 10.5. The fraction of sp³-hybridized carbons (Fsp3) is 0.286. The maximum Gasteiger partial charge on any atom is 0.267 e. The van der Waals surface area contributed by atoms with E-state index < -0.39 is 0 Å². The topological polar surface area (TPSA) is 64.0 Å². The van der Waals surface area contributed by atoms with Gasteiger partial charge in [0.1, 0.15) is 6.54 Å². The van der Waals surface area contributed by atoms with Crippen molar-refractivity contribution in [1.82, 2.24) is 14.9 Å². The first-order chi connectivity index (χ1) is 6.15. The Bertz CT molecular complexity index is 374. The summed E-state index contributed by atoms with van der Waals surface area (Å²) in [7, 11) is 1.52. The molecular weight excluding hydrogens is 285 g/mol. The molecule has 70 valence electrons. The number of likely N-dealkylation sites (N-methyl/N-ethyl adjacent to an activating group) is 1. The number of carbonyl (C=O) groups excluding carboxylic acids is 1. The Morgan fingerprint density at radius 2 is 2.46 bits per heavy atom. The molecule has 0 aliphatic rings. The zero-order valence-corrected chi connectivity index (χ0v) is 9.11. The molecule has 0 aliphatic heterocycles. The summed E-state index contributed by atoms with van der Waals surface area (Å²) in [6.07, 6.45) is 2.81. The fourth-order valence-electron chi connectivity index (χ4n) is 0.770. The van der Waals surface area contributed by atoms with Crippen LogP contribution in [0.25, 0.3) is 0 Å². The van der Waals surface area contributed by atoms with Crippen LogP contribution >= 0.6 is 22.6 Å². The smallest absolute Gasteiger partial charge is 0.267 e. The number of nitrogens with zero attached hydrogens (tertiary/aromatic N) is 2. The third-order valence-electron chi connectivity index (χ3n) is 1.45. The van der Waals surface area contributed by atoms with E-state index in [1.54, 1.807) is 0 Å². The van der Waals surface area contributed by atoms with Gasteiger partial charge in [0, 0.05) is 13.2 Å². The van der Waals surface area contributed by atoms with Crippen LogP contribution in [0.15, 0.2) is 17.3 Å². The van der Waals surface area contributed by atoms with Gasteiger partial charge in [-0.15, -0.1) is 0 Å². The molecule has 6 heteroatoms. The highest BCUT2D eigenvalue weighted by molar-refractivity contribution is 14.1. The van der Waals surface area contributed by atoms with Crippen LogP contribution in [-0.4, -0.2) is 22.5 Å². The Kier molecular flexibility index (Phi) is 3.40. The second-order valence-corrected chi connectivity index (χ2v) is 3.51. The maximum absolute atomic E-state index is 11.4. The van der Waals surface area contributed by atoms with Crippen molar-refractivity contribution < 1.29 is 4.79 Å². The fourth-order valence-corrected chi connectivity index (χ4v) is 1.24. The summed E-state index contributed by atoms with van der Waals surface area (Å²) in [6, 6.07) is 0. The van der Waals surface area contributed by atoms with E-state index in [9.17, 15) is 9.59 Å². The molecule has 0 radical (unpaired) electrons. The molecule has 0 fully saturated rings. The Labute approximate surface area is 88.3 Å². The highest BCUT2D eigenvalue weighted by atomic mass is 127. The highest BCUT2D eigenvalue weighted by Crippen LogP contribution is 1.92. The number of hydrogen-bond acceptors (Lipinski definition) is 3. The molecule has 1 rings (SSSR count). The third kappa shape index (κ3) is 2.51. The summed E-state index contributed by atoms with van der Waals surface area (Å²) in [5.74, 6) is -0.217. The van der Waals surface area contributed by atoms with Gasteiger partial charge >= 0.3 is 0 Å². The van der Waals surface area contributed by atoms with Crippen molar-refractivity contribution in [3.05, 3.63) is 26.4 Å². The third-order valence-corrected chi connectivity index (χ3v) is 2.19. The molecule has 1 aromatic heterocycles. The summed E-state index contributed by atoms with van der Waals surface area (Å²) < 4.78 is 1.77. The van der Waals surface area contributed by atoms with Crippen LogP contribution in [0.3, 0.4) is 0 Å². The molecule has 0 atom stereocenters. The predicted octanol–water partition coefficient (Wildman–Crippen LogP) is -0.406. The summed E-state index contributed by atoms with van der Waals surface area (Å²) in [5, 5.41) is 2.43. The zero-order chi connectivity index (χ0) is 9.84. The van der Waals surface area contributed by atoms with Gasteiger partial charge in [0.15, 0.2) is 0 Å². The van der Waals surface area contributed by atoms with Crippen molar-refractivity contribution in [3.8, 4) is 0 Å². The monoisotopic (exact) mass is 293 g/mol. The molecule has 0 bridgehead atoms. The van der Waals surface area contributed by atoms with Gasteiger partial charge in [-0.25, -0.2) is 4.98 Å². The van der Waals surface area contributed by atoms with E-state index in [0.29, 0.717) is 3.57 Å². The first-order valence-electron chi connectivity index (χ1n) is 3.55. The van der Waals surface area contributed by atoms with Gasteiger partial charge in [-0.1, -0.05) is 0 Å². The second kappa shape index (κ2) is 4.35. The van der Waals surface area contributed by atoms with Gasteiger partial charge in [0.25, 0.3) is 5.56 Å². The number of hydrogen-bond donors (Lipinski definition) is 1. The number of amides is 1. The van der Waals surface area contributed by atoms with Crippen molar-refractivity contribution in [3.63, 3.8) is 0 Å². The lowest BCUT2D eigenvalue weighted by Crippen LogP contribution is -2.31. The number of carbonyl (C=O) groups is 1. The number of rotatable bonds is 2. The van der Waals surface area contributed by atoms with E-state index in [2.05, 4.69) is 10.3 Å². The Morgan fingerprint density at radius 3 is 3.08 bits per heavy atom. The van der Waals surface area contributed by atoms with Gasteiger partial charge in [-0.2, -0.15) is 0 Å². The molecule has 0 saturated heterocycles. The van der Waals surface area contributed by atoms with Crippen molar-refractivity contribution in [2.24, 2.45) is 0 Å². The van der Waals surface area contributed by atoms with Crippen LogP contribution in [0.1, 0.15) is 0 Å². The minimum Gasteiger partial charge on any atom is -0.358 e. The van der Waals surface area contributed by atoms with Crippen molar-refractivity contribution >= 4 is 28.5 Å². The Balaban J connectivity index is 2.96. The molecule has 1 amide bonds. The molecule has 0 aromatic carbocycles. The molecular formula is C7H8IN3O2. The van der Waals surface area contributed by atoms with Gasteiger partial charge in [-0.3, -0.25) is 14.2 Å². The standard InChI is InChI=1S/C7H8IN3O2/c1-9-6(12)3-11-4-10-2-5(8)7(11)13/h2,4H,3H2,1H3,(H,9,12). The van der Waals surface area contributed by atoms with Crippen molar-refractivity contribution in [1.29, 1.82) is 0 Å². The van der Waals surface area contributed by atoms with Crippen LogP contribution in [0.4, 0.5) is 0 Å². The van der Waals surface area contributed by atoms with E-state index in [1.165, 1.54) is 24.1 Å². The van der Waals surface area contributed by atoms with Crippen LogP contribution in [-0.2, 0) is 11.3 Å². The number of halogens is 1. The molecule has 0 spiro atoms. The minimum absolute atomic E-state index is 0.0131. The maximum atomic E-state index is 11.4.